The molecule has 0 aromatic heterocycles. The summed E-state index contributed by atoms with van der Waals surface area (Å²) in [7, 11) is 0. The lowest BCUT2D eigenvalue weighted by Gasteiger charge is -2.34. The molecule has 2 bridgehead atoms. The molecule has 2 aromatic carbocycles. The van der Waals surface area contributed by atoms with Gasteiger partial charge in [0.1, 0.15) is 5.82 Å². The lowest BCUT2D eigenvalue weighted by atomic mass is 9.93. The second-order valence-electron chi connectivity index (χ2n) is 6.89. The minimum atomic E-state index is -2.77. The average molecular weight is 343 g/mol. The Morgan fingerprint density at radius 1 is 1.04 bits per heavy atom. The van der Waals surface area contributed by atoms with E-state index in [4.69, 9.17) is 0 Å². The highest BCUT2D eigenvalue weighted by Gasteiger charge is 2.36. The first kappa shape index (κ1) is 16.4. The quantitative estimate of drug-likeness (QED) is 0.700. The molecule has 0 amide bonds. The van der Waals surface area contributed by atoms with Crippen molar-refractivity contribution in [1.82, 2.24) is 4.90 Å². The van der Waals surface area contributed by atoms with Gasteiger partial charge in [0.2, 0.25) is 0 Å². The van der Waals surface area contributed by atoms with Gasteiger partial charge in [-0.3, -0.25) is 4.90 Å². The van der Waals surface area contributed by atoms with Gasteiger partial charge in [-0.1, -0.05) is 42.5 Å². The van der Waals surface area contributed by atoms with E-state index in [1.807, 2.05) is 6.07 Å². The Morgan fingerprint density at radius 2 is 1.84 bits per heavy atom. The predicted molar refractivity (Wildman–Crippen MR) is 92.7 cm³/mol. The molecule has 0 aliphatic carbocycles. The predicted octanol–water partition coefficient (Wildman–Crippen LogP) is 5.58. The Bertz CT molecular complexity index is 785. The fraction of sp³-hybridized carbons (Fsp3) is 0.333. The van der Waals surface area contributed by atoms with E-state index >= 15 is 0 Å². The highest BCUT2D eigenvalue weighted by molar-refractivity contribution is 5.68. The molecule has 4 heteroatoms. The van der Waals surface area contributed by atoms with Gasteiger partial charge in [-0.05, 0) is 48.1 Å². The summed E-state index contributed by atoms with van der Waals surface area (Å²) in [6, 6.07) is 15.3. The van der Waals surface area contributed by atoms with Crippen LogP contribution in [0.15, 0.2) is 54.6 Å². The number of rotatable bonds is 4. The van der Waals surface area contributed by atoms with Crippen LogP contribution < -0.4 is 0 Å². The van der Waals surface area contributed by atoms with Crippen molar-refractivity contribution in [2.45, 2.75) is 44.3 Å². The maximum Gasteiger partial charge on any atom is 0.266 e. The van der Waals surface area contributed by atoms with E-state index in [0.29, 0.717) is 12.1 Å². The van der Waals surface area contributed by atoms with E-state index in [-0.39, 0.29) is 0 Å². The first-order valence-corrected chi connectivity index (χ1v) is 8.70. The Labute approximate surface area is 145 Å². The van der Waals surface area contributed by atoms with Crippen LogP contribution in [0, 0.1) is 5.82 Å². The molecular weight excluding hydrogens is 323 g/mol. The molecule has 0 saturated carbocycles. The topological polar surface area (TPSA) is 3.24 Å². The molecule has 2 aliphatic heterocycles. The standard InChI is InChI=1S/C21H20F3N/c22-20-12-15(6-9-19(20)21(23)24)16-10-17-7-8-18(11-16)25(17)13-14-4-2-1-3-5-14/h1-6,9-10,12,17-18,21H,7-8,11,13H2. The molecule has 0 radical (unpaired) electrons. The smallest absolute Gasteiger partial charge is 0.266 e. The van der Waals surface area contributed by atoms with Crippen LogP contribution in [0.1, 0.15) is 42.4 Å². The van der Waals surface area contributed by atoms with E-state index in [2.05, 4.69) is 35.2 Å². The monoisotopic (exact) mass is 343 g/mol. The minimum absolute atomic E-state index is 0.340. The summed E-state index contributed by atoms with van der Waals surface area (Å²) in [5, 5.41) is 0. The summed E-state index contributed by atoms with van der Waals surface area (Å²) >= 11 is 0. The van der Waals surface area contributed by atoms with Crippen LogP contribution in [-0.2, 0) is 6.54 Å². The molecule has 2 aromatic rings. The van der Waals surface area contributed by atoms with Crippen LogP contribution >= 0.6 is 0 Å². The Hall–Kier alpha value is -2.07. The number of halogens is 3. The summed E-state index contributed by atoms with van der Waals surface area (Å²) in [4.78, 5) is 2.50. The molecular formula is C21H20F3N. The molecule has 1 nitrogen and oxygen atoms in total. The van der Waals surface area contributed by atoms with Gasteiger partial charge in [-0.15, -0.1) is 0 Å². The van der Waals surface area contributed by atoms with Crippen LogP contribution in [0.4, 0.5) is 13.2 Å². The fourth-order valence-corrected chi connectivity index (χ4v) is 4.08. The van der Waals surface area contributed by atoms with Crippen molar-refractivity contribution in [3.8, 4) is 0 Å². The van der Waals surface area contributed by atoms with Crippen molar-refractivity contribution < 1.29 is 13.2 Å². The van der Waals surface area contributed by atoms with E-state index in [1.165, 1.54) is 17.7 Å². The van der Waals surface area contributed by atoms with Gasteiger partial charge in [-0.25, -0.2) is 13.2 Å². The number of hydrogen-bond donors (Lipinski definition) is 0. The van der Waals surface area contributed by atoms with Crippen LogP contribution in [0.3, 0.4) is 0 Å². The minimum Gasteiger partial charge on any atom is -0.289 e. The molecule has 130 valence electrons. The number of benzene rings is 2. The molecule has 25 heavy (non-hydrogen) atoms. The van der Waals surface area contributed by atoms with Gasteiger partial charge < -0.3 is 0 Å². The van der Waals surface area contributed by atoms with Crippen LogP contribution in [0.2, 0.25) is 0 Å². The maximum absolute atomic E-state index is 13.9. The average Bonchev–Trinajstić information content (AvgIpc) is 2.83. The molecule has 4 rings (SSSR count). The normalized spacial score (nSPS) is 23.1. The zero-order valence-electron chi connectivity index (χ0n) is 13.8. The van der Waals surface area contributed by atoms with Crippen molar-refractivity contribution in [3.05, 3.63) is 77.1 Å². The molecule has 0 spiro atoms. The number of nitrogens with zero attached hydrogens (tertiary/aromatic N) is 1. The molecule has 0 N–H and O–H groups in total. The van der Waals surface area contributed by atoms with Crippen LogP contribution in [0.5, 0.6) is 0 Å². The second kappa shape index (κ2) is 6.68. The Balaban J connectivity index is 1.56. The first-order valence-electron chi connectivity index (χ1n) is 8.70. The van der Waals surface area contributed by atoms with Gasteiger partial charge in [0.05, 0.1) is 5.56 Å². The largest absolute Gasteiger partial charge is 0.289 e. The summed E-state index contributed by atoms with van der Waals surface area (Å²) in [6.07, 6.45) is 2.49. The van der Waals surface area contributed by atoms with Gasteiger partial charge in [0.15, 0.2) is 0 Å². The maximum atomic E-state index is 13.9. The summed E-state index contributed by atoms with van der Waals surface area (Å²) < 4.78 is 39.4. The summed E-state index contributed by atoms with van der Waals surface area (Å²) in [5.74, 6) is -0.813. The number of fused-ring (bicyclic) bond motifs is 2. The zero-order chi connectivity index (χ0) is 17.4. The SMILES string of the molecule is Fc1cc(C2=CC3CCC(C2)N3Cc2ccccc2)ccc1C(F)F. The van der Waals surface area contributed by atoms with Gasteiger partial charge in [0.25, 0.3) is 6.43 Å². The van der Waals surface area contributed by atoms with Crippen LogP contribution in [0.25, 0.3) is 5.57 Å². The lowest BCUT2D eigenvalue weighted by molar-refractivity contribution is 0.146. The molecule has 2 heterocycles. The van der Waals surface area contributed by atoms with Crippen molar-refractivity contribution in [2.24, 2.45) is 0 Å². The second-order valence-corrected chi connectivity index (χ2v) is 6.89. The van der Waals surface area contributed by atoms with Crippen molar-refractivity contribution in [2.75, 3.05) is 0 Å². The van der Waals surface area contributed by atoms with Gasteiger partial charge in [0, 0.05) is 18.6 Å². The molecule has 2 aliphatic rings. The fourth-order valence-electron chi connectivity index (χ4n) is 4.08. The third-order valence-corrected chi connectivity index (χ3v) is 5.35. The third kappa shape index (κ3) is 3.23. The van der Waals surface area contributed by atoms with Crippen molar-refractivity contribution in [1.29, 1.82) is 0 Å². The number of hydrogen-bond acceptors (Lipinski definition) is 1. The summed E-state index contributed by atoms with van der Waals surface area (Å²) in [5.41, 5.74) is 2.59. The Morgan fingerprint density at radius 3 is 2.52 bits per heavy atom. The van der Waals surface area contributed by atoms with E-state index in [1.54, 1.807) is 6.07 Å². The van der Waals surface area contributed by atoms with Gasteiger partial charge >= 0.3 is 0 Å². The number of alkyl halides is 2. The summed E-state index contributed by atoms with van der Waals surface area (Å²) in [6.45, 7) is 0.915. The van der Waals surface area contributed by atoms with Crippen molar-refractivity contribution >= 4 is 5.57 Å². The van der Waals surface area contributed by atoms with Crippen molar-refractivity contribution in [3.63, 3.8) is 0 Å². The molecule has 2 unspecified atom stereocenters. The van der Waals surface area contributed by atoms with E-state index < -0.39 is 17.8 Å². The Kier molecular flexibility index (Phi) is 4.38. The van der Waals surface area contributed by atoms with E-state index in [9.17, 15) is 13.2 Å². The highest BCUT2D eigenvalue weighted by Crippen LogP contribution is 2.40. The molecule has 2 atom stereocenters. The zero-order valence-corrected chi connectivity index (χ0v) is 13.8. The molecule has 1 fully saturated rings. The highest BCUT2D eigenvalue weighted by atomic mass is 19.3. The third-order valence-electron chi connectivity index (χ3n) is 5.35. The first-order chi connectivity index (χ1) is 12.1. The van der Waals surface area contributed by atoms with Crippen LogP contribution in [-0.4, -0.2) is 17.0 Å². The van der Waals surface area contributed by atoms with E-state index in [0.717, 1.165) is 36.9 Å². The lowest BCUT2D eigenvalue weighted by Crippen LogP contribution is -2.37. The molecule has 1 saturated heterocycles. The van der Waals surface area contributed by atoms with Gasteiger partial charge in [-0.2, -0.15) is 0 Å².